The summed E-state index contributed by atoms with van der Waals surface area (Å²) in [7, 11) is 7.84. The number of hydrogen-bond acceptors (Lipinski definition) is 12. The Hall–Kier alpha value is -2.20. The van der Waals surface area contributed by atoms with Crippen LogP contribution in [0.4, 0.5) is 10.5 Å². The zero-order chi connectivity index (χ0) is 36.1. The minimum atomic E-state index is -1.71. The van der Waals surface area contributed by atoms with E-state index < -0.39 is 59.8 Å². The number of halogens is 1. The monoisotopic (exact) mass is 744 g/mol. The summed E-state index contributed by atoms with van der Waals surface area (Å²) >= 11 is 6.75. The fourth-order valence-corrected chi connectivity index (χ4v) is 7.92. The van der Waals surface area contributed by atoms with E-state index in [2.05, 4.69) is 11.4 Å². The number of amides is 2. The molecular formula is C34H49ClN2O10S2. The van der Waals surface area contributed by atoms with Crippen molar-refractivity contribution in [3.63, 3.8) is 0 Å². The summed E-state index contributed by atoms with van der Waals surface area (Å²) < 4.78 is 34.9. The largest absolute Gasteiger partial charge is 0.495 e. The van der Waals surface area contributed by atoms with Gasteiger partial charge in [0.2, 0.25) is 5.91 Å². The Morgan fingerprint density at radius 1 is 1.27 bits per heavy atom. The summed E-state index contributed by atoms with van der Waals surface area (Å²) in [6, 6.07) is 3.67. The first-order chi connectivity index (χ1) is 23.2. The highest BCUT2D eigenvalue weighted by molar-refractivity contribution is 8.76. The van der Waals surface area contributed by atoms with E-state index in [4.69, 9.17) is 40.0 Å². The van der Waals surface area contributed by atoms with Crippen LogP contribution in [-0.2, 0) is 39.7 Å². The van der Waals surface area contributed by atoms with Crippen LogP contribution in [0.2, 0.25) is 5.02 Å². The molecule has 15 heteroatoms. The molecule has 2 saturated heterocycles. The van der Waals surface area contributed by atoms with Gasteiger partial charge in [-0.2, -0.15) is 0 Å². The van der Waals surface area contributed by atoms with Crippen LogP contribution in [0.15, 0.2) is 23.8 Å². The van der Waals surface area contributed by atoms with Gasteiger partial charge in [-0.3, -0.25) is 10.1 Å². The maximum Gasteiger partial charge on any atom is 0.409 e. The molecule has 4 bridgehead atoms. The number of carbonyl (C=O) groups is 3. The summed E-state index contributed by atoms with van der Waals surface area (Å²) in [6.07, 6.45) is 0.561. The second-order valence-electron chi connectivity index (χ2n) is 13.0. The first-order valence-electron chi connectivity index (χ1n) is 16.3. The van der Waals surface area contributed by atoms with Crippen molar-refractivity contribution >= 4 is 56.8 Å². The van der Waals surface area contributed by atoms with Gasteiger partial charge in [0.15, 0.2) is 11.8 Å². The minimum absolute atomic E-state index is 0.0340. The molecule has 8 atom stereocenters. The van der Waals surface area contributed by atoms with E-state index in [9.17, 15) is 19.5 Å². The number of fused-ring (bicyclic) bond motifs is 5. The average Bonchev–Trinajstić information content (AvgIpc) is 3.75. The maximum atomic E-state index is 14.0. The topological polar surface area (TPSA) is 145 Å². The molecule has 0 saturated carbocycles. The Morgan fingerprint density at radius 3 is 2.67 bits per heavy atom. The highest BCUT2D eigenvalue weighted by Gasteiger charge is 2.64. The number of alkyl carbamates (subject to hydrolysis) is 1. The predicted octanol–water partition coefficient (Wildman–Crippen LogP) is 5.31. The maximum absolute atomic E-state index is 14.0. The molecule has 2 fully saturated rings. The summed E-state index contributed by atoms with van der Waals surface area (Å²) in [5.41, 5.74) is -0.483. The molecule has 0 aliphatic carbocycles. The molecule has 2 N–H and O–H groups in total. The predicted molar refractivity (Wildman–Crippen MR) is 190 cm³/mol. The number of hydrogen-bond donors (Lipinski definition) is 2. The van der Waals surface area contributed by atoms with E-state index in [1.807, 2.05) is 32.2 Å². The van der Waals surface area contributed by atoms with Crippen LogP contribution < -0.4 is 15.0 Å². The van der Waals surface area contributed by atoms with Gasteiger partial charge in [0, 0.05) is 32.2 Å². The van der Waals surface area contributed by atoms with Crippen LogP contribution in [0.1, 0.15) is 58.9 Å². The van der Waals surface area contributed by atoms with Gasteiger partial charge in [-0.25, -0.2) is 9.59 Å². The molecule has 274 valence electrons. The lowest BCUT2D eigenvalue weighted by Gasteiger charge is -2.43. The smallest absolute Gasteiger partial charge is 0.409 e. The molecule has 4 rings (SSSR count). The first-order valence-corrected chi connectivity index (χ1v) is 19.5. The van der Waals surface area contributed by atoms with Gasteiger partial charge in [-0.05, 0) is 64.0 Å². The van der Waals surface area contributed by atoms with Crippen molar-refractivity contribution in [2.45, 2.75) is 102 Å². The van der Waals surface area contributed by atoms with Crippen LogP contribution in [0.3, 0.4) is 0 Å². The number of carbonyl (C=O) groups excluding carboxylic acids is 3. The number of ether oxygens (including phenoxy) is 6. The Labute approximate surface area is 301 Å². The zero-order valence-corrected chi connectivity index (χ0v) is 31.8. The lowest BCUT2D eigenvalue weighted by molar-refractivity contribution is -0.165. The molecule has 3 heterocycles. The summed E-state index contributed by atoms with van der Waals surface area (Å²) in [5.74, 6) is -0.355. The summed E-state index contributed by atoms with van der Waals surface area (Å²) in [4.78, 5) is 41.6. The van der Waals surface area contributed by atoms with Crippen molar-refractivity contribution in [3.8, 4) is 5.75 Å². The second-order valence-corrected chi connectivity index (χ2v) is 16.1. The number of esters is 1. The van der Waals surface area contributed by atoms with Crippen molar-refractivity contribution in [2.24, 2.45) is 5.92 Å². The third kappa shape index (κ3) is 9.38. The van der Waals surface area contributed by atoms with Gasteiger partial charge < -0.3 is 38.4 Å². The first kappa shape index (κ1) is 39.6. The van der Waals surface area contributed by atoms with Crippen LogP contribution >= 0.6 is 33.2 Å². The zero-order valence-electron chi connectivity index (χ0n) is 29.4. The Kier molecular flexibility index (Phi) is 13.6. The second kappa shape index (κ2) is 16.9. The standard InChI is InChI=1S/C34H49ClN2O10S2/c1-19-10-9-11-26(43-7)34(41)18-25(45-32(40)36-34)20(2)30-33(4,47-30)27(46-31(39)21(3)44-12-13-49-48-8)17-28(38)37(5)23-15-22(14-19)16-24(42-6)29(23)35/h10,15-16,20-21,25-27,30,41H,9,11-14,17-18H2,1-8H3,(H,36,40)/b19-10+/t20-,21+,25+,26-,27+,30+,33+,34+/m1/s1. The highest BCUT2D eigenvalue weighted by atomic mass is 35.5. The van der Waals surface area contributed by atoms with Crippen molar-refractivity contribution < 1.29 is 47.9 Å². The average molecular weight is 745 g/mol. The minimum Gasteiger partial charge on any atom is -0.495 e. The van der Waals surface area contributed by atoms with Crippen molar-refractivity contribution in [2.75, 3.05) is 44.8 Å². The molecule has 49 heavy (non-hydrogen) atoms. The summed E-state index contributed by atoms with van der Waals surface area (Å²) in [5, 5.41) is 14.6. The number of nitrogens with one attached hydrogen (secondary N) is 1. The van der Waals surface area contributed by atoms with Gasteiger partial charge in [-0.15, -0.1) is 0 Å². The van der Waals surface area contributed by atoms with Crippen molar-refractivity contribution in [1.29, 1.82) is 0 Å². The number of anilines is 1. The lowest BCUT2D eigenvalue weighted by Crippen LogP contribution is -2.64. The Bertz CT molecular complexity index is 1400. The van der Waals surface area contributed by atoms with E-state index in [1.54, 1.807) is 42.5 Å². The van der Waals surface area contributed by atoms with E-state index in [0.29, 0.717) is 43.1 Å². The van der Waals surface area contributed by atoms with Gasteiger partial charge >= 0.3 is 12.1 Å². The van der Waals surface area contributed by atoms with Crippen molar-refractivity contribution in [3.05, 3.63) is 34.4 Å². The number of methoxy groups -OCH3 is 2. The number of benzene rings is 1. The number of allylic oxidation sites excluding steroid dienone is 2. The van der Waals surface area contributed by atoms with E-state index in [1.165, 1.54) is 19.1 Å². The molecule has 2 amide bonds. The third-order valence-corrected chi connectivity index (χ3v) is 11.7. The van der Waals surface area contributed by atoms with E-state index in [-0.39, 0.29) is 23.8 Å². The van der Waals surface area contributed by atoms with Gasteiger partial charge in [0.25, 0.3) is 0 Å². The molecule has 1 aromatic rings. The van der Waals surface area contributed by atoms with Crippen LogP contribution in [-0.4, -0.2) is 105 Å². The fraction of sp³-hybridized carbons (Fsp3) is 0.676. The number of nitrogens with zero attached hydrogens (tertiary/aromatic N) is 1. The van der Waals surface area contributed by atoms with Gasteiger partial charge in [0.05, 0.1) is 31.9 Å². The molecule has 3 aliphatic heterocycles. The SMILES string of the molecule is COc1cc2cc(c1Cl)N(C)C(=O)C[C@H](OC(=O)[C@H](C)OCCSSC)[C@]1(C)O[C@H]1[C@H](C)[C@@H]1C[C@@](O)(NC(=O)O1)[C@H](OC)CC/C=C(\C)C2. The molecular weight excluding hydrogens is 696 g/mol. The van der Waals surface area contributed by atoms with Crippen LogP contribution in [0, 0.1) is 5.92 Å². The van der Waals surface area contributed by atoms with Crippen LogP contribution in [0.5, 0.6) is 5.75 Å². The third-order valence-electron chi connectivity index (χ3n) is 9.54. The Morgan fingerprint density at radius 2 is 2.00 bits per heavy atom. The van der Waals surface area contributed by atoms with E-state index in [0.717, 1.165) is 11.1 Å². The molecule has 3 aliphatic rings. The molecule has 12 nitrogen and oxygen atoms in total. The number of rotatable bonds is 9. The lowest BCUT2D eigenvalue weighted by atomic mass is 9.83. The summed E-state index contributed by atoms with van der Waals surface area (Å²) in [6.45, 7) is 7.55. The number of aliphatic hydroxyl groups is 1. The number of epoxide rings is 1. The quantitative estimate of drug-likeness (QED) is 0.111. The molecule has 0 aromatic heterocycles. The Balaban J connectivity index is 1.72. The molecule has 0 spiro atoms. The molecule has 1 aromatic carbocycles. The van der Waals surface area contributed by atoms with Crippen molar-refractivity contribution in [1.82, 2.24) is 5.32 Å². The molecule has 0 radical (unpaired) electrons. The highest BCUT2D eigenvalue weighted by Crippen LogP contribution is 2.49. The van der Waals surface area contributed by atoms with Gasteiger partial charge in [0.1, 0.15) is 34.7 Å². The normalized spacial score (nSPS) is 32.6. The van der Waals surface area contributed by atoms with Gasteiger partial charge in [-0.1, -0.05) is 51.8 Å². The van der Waals surface area contributed by atoms with Crippen LogP contribution in [0.25, 0.3) is 0 Å². The molecule has 0 unspecified atom stereocenters. The fourth-order valence-electron chi connectivity index (χ4n) is 6.57. The van der Waals surface area contributed by atoms with E-state index >= 15 is 0 Å².